The zero-order chi connectivity index (χ0) is 17.7. The van der Waals surface area contributed by atoms with Crippen LogP contribution in [0.3, 0.4) is 0 Å². The third-order valence-corrected chi connectivity index (χ3v) is 5.24. The summed E-state index contributed by atoms with van der Waals surface area (Å²) in [6.45, 7) is 10.3. The molecule has 130 valence electrons. The van der Waals surface area contributed by atoms with Gasteiger partial charge in [-0.05, 0) is 51.4 Å². The Balaban J connectivity index is 1.77. The highest BCUT2D eigenvalue weighted by atomic mass is 15.3. The molecule has 2 aromatic heterocycles. The summed E-state index contributed by atoms with van der Waals surface area (Å²) < 4.78 is 2.08. The number of rotatable bonds is 3. The number of anilines is 1. The Kier molecular flexibility index (Phi) is 3.72. The van der Waals surface area contributed by atoms with Crippen molar-refractivity contribution in [1.29, 1.82) is 0 Å². The third-order valence-electron chi connectivity index (χ3n) is 5.24. The fourth-order valence-corrected chi connectivity index (χ4v) is 3.74. The molecule has 3 heterocycles. The Hall–Kier alpha value is -2.47. The van der Waals surface area contributed by atoms with Crippen LogP contribution in [0.15, 0.2) is 18.2 Å². The number of benzene rings is 1. The van der Waals surface area contributed by atoms with Crippen molar-refractivity contribution in [2.75, 3.05) is 12.4 Å². The topological polar surface area (TPSA) is 58.4 Å². The molecule has 0 radical (unpaired) electrons. The fraction of sp³-hybridized carbons (Fsp3) is 0.421. The van der Waals surface area contributed by atoms with E-state index in [1.54, 1.807) is 0 Å². The zero-order valence-corrected chi connectivity index (χ0v) is 15.5. The number of hydrogen-bond acceptors (Lipinski definition) is 5. The van der Waals surface area contributed by atoms with Crippen LogP contribution in [0, 0.1) is 20.8 Å². The van der Waals surface area contributed by atoms with E-state index in [-0.39, 0.29) is 6.04 Å². The number of hydrogen-bond donors (Lipinski definition) is 1. The number of nitrogens with zero attached hydrogens (tertiary/aromatic N) is 5. The second-order valence-corrected chi connectivity index (χ2v) is 7.10. The lowest BCUT2D eigenvalue weighted by Gasteiger charge is -2.20. The van der Waals surface area contributed by atoms with E-state index in [1.807, 2.05) is 6.92 Å². The molecule has 0 saturated carbocycles. The largest absolute Gasteiger partial charge is 0.363 e. The average molecular weight is 336 g/mol. The molecular formula is C19H24N6. The van der Waals surface area contributed by atoms with Gasteiger partial charge in [0.2, 0.25) is 0 Å². The van der Waals surface area contributed by atoms with Gasteiger partial charge in [-0.2, -0.15) is 4.98 Å². The number of fused-ring (bicyclic) bond motifs is 3. The molecule has 0 amide bonds. The predicted octanol–water partition coefficient (Wildman–Crippen LogP) is 3.17. The van der Waals surface area contributed by atoms with Crippen LogP contribution in [0.25, 0.3) is 5.78 Å². The monoisotopic (exact) mass is 336 g/mol. The van der Waals surface area contributed by atoms with Gasteiger partial charge in [-0.15, -0.1) is 10.2 Å². The lowest BCUT2D eigenvalue weighted by atomic mass is 9.98. The van der Waals surface area contributed by atoms with Crippen molar-refractivity contribution in [2.45, 2.75) is 46.8 Å². The van der Waals surface area contributed by atoms with Crippen LogP contribution in [-0.2, 0) is 13.1 Å². The van der Waals surface area contributed by atoms with E-state index in [9.17, 15) is 0 Å². The molecule has 0 saturated heterocycles. The summed E-state index contributed by atoms with van der Waals surface area (Å²) in [7, 11) is 2.13. The highest BCUT2D eigenvalue weighted by Crippen LogP contribution is 2.31. The molecule has 4 rings (SSSR count). The first-order chi connectivity index (χ1) is 12.0. The summed E-state index contributed by atoms with van der Waals surface area (Å²) in [5.41, 5.74) is 6.43. The maximum Gasteiger partial charge on any atom is 0.257 e. The maximum absolute atomic E-state index is 4.77. The first kappa shape index (κ1) is 16.0. The number of aryl methyl sites for hydroxylation is 2. The van der Waals surface area contributed by atoms with Crippen molar-refractivity contribution in [3.63, 3.8) is 0 Å². The highest BCUT2D eigenvalue weighted by Gasteiger charge is 2.26. The molecule has 1 aliphatic rings. The van der Waals surface area contributed by atoms with Crippen molar-refractivity contribution < 1.29 is 0 Å². The second kappa shape index (κ2) is 5.81. The molecule has 0 bridgehead atoms. The minimum atomic E-state index is 0.175. The molecule has 1 atom stereocenters. The molecule has 1 unspecified atom stereocenters. The standard InChI is InChI=1S/C19H24N6/c1-11-7-6-8-15(12(11)2)13(3)20-18-16-9-24(5)10-17(16)25-14(4)22-23-19(25)21-18/h6-8,13H,9-10H2,1-5H3,(H,20,21,23). The molecule has 6 heteroatoms. The zero-order valence-electron chi connectivity index (χ0n) is 15.5. The lowest BCUT2D eigenvalue weighted by Crippen LogP contribution is -2.13. The second-order valence-electron chi connectivity index (χ2n) is 7.10. The van der Waals surface area contributed by atoms with Gasteiger partial charge in [0.15, 0.2) is 0 Å². The first-order valence-electron chi connectivity index (χ1n) is 8.70. The smallest absolute Gasteiger partial charge is 0.257 e. The quantitative estimate of drug-likeness (QED) is 0.796. The summed E-state index contributed by atoms with van der Waals surface area (Å²) >= 11 is 0. The van der Waals surface area contributed by atoms with Gasteiger partial charge in [0, 0.05) is 24.3 Å². The van der Waals surface area contributed by atoms with Crippen molar-refractivity contribution in [3.05, 3.63) is 52.0 Å². The van der Waals surface area contributed by atoms with Crippen LogP contribution in [0.5, 0.6) is 0 Å². The third kappa shape index (κ3) is 2.57. The summed E-state index contributed by atoms with van der Waals surface area (Å²) in [6, 6.07) is 6.63. The maximum atomic E-state index is 4.77. The molecule has 1 aromatic carbocycles. The molecule has 25 heavy (non-hydrogen) atoms. The lowest BCUT2D eigenvalue weighted by molar-refractivity contribution is 0.350. The van der Waals surface area contributed by atoms with Crippen LogP contribution in [0.2, 0.25) is 0 Å². The van der Waals surface area contributed by atoms with Gasteiger partial charge < -0.3 is 5.32 Å². The molecule has 0 spiro atoms. The molecule has 0 fully saturated rings. The van der Waals surface area contributed by atoms with Crippen LogP contribution >= 0.6 is 0 Å². The Morgan fingerprint density at radius 1 is 1.12 bits per heavy atom. The molecule has 1 aliphatic heterocycles. The van der Waals surface area contributed by atoms with E-state index >= 15 is 0 Å². The van der Waals surface area contributed by atoms with Crippen LogP contribution in [0.1, 0.15) is 46.7 Å². The van der Waals surface area contributed by atoms with Crippen molar-refractivity contribution in [3.8, 4) is 0 Å². The molecule has 1 N–H and O–H groups in total. The summed E-state index contributed by atoms with van der Waals surface area (Å²) in [6.07, 6.45) is 0. The van der Waals surface area contributed by atoms with E-state index in [0.29, 0.717) is 5.78 Å². The SMILES string of the molecule is Cc1cccc(C(C)Nc2nc3nnc(C)n3c3c2CN(C)C3)c1C. The molecule has 6 nitrogen and oxygen atoms in total. The van der Waals surface area contributed by atoms with Crippen LogP contribution < -0.4 is 5.32 Å². The van der Waals surface area contributed by atoms with Gasteiger partial charge in [0.25, 0.3) is 5.78 Å². The summed E-state index contributed by atoms with van der Waals surface area (Å²) in [5.74, 6) is 2.48. The summed E-state index contributed by atoms with van der Waals surface area (Å²) in [5, 5.41) is 12.1. The minimum absolute atomic E-state index is 0.175. The van der Waals surface area contributed by atoms with E-state index < -0.39 is 0 Å². The van der Waals surface area contributed by atoms with E-state index in [0.717, 1.165) is 24.7 Å². The van der Waals surface area contributed by atoms with Gasteiger partial charge in [0.1, 0.15) is 11.6 Å². The first-order valence-corrected chi connectivity index (χ1v) is 8.70. The van der Waals surface area contributed by atoms with Gasteiger partial charge in [-0.25, -0.2) is 0 Å². The summed E-state index contributed by atoms with van der Waals surface area (Å²) in [4.78, 5) is 7.06. The Bertz CT molecular complexity index is 958. The van der Waals surface area contributed by atoms with Gasteiger partial charge in [-0.3, -0.25) is 9.30 Å². The Morgan fingerprint density at radius 3 is 2.72 bits per heavy atom. The Morgan fingerprint density at radius 2 is 1.92 bits per heavy atom. The van der Waals surface area contributed by atoms with Crippen LogP contribution in [0.4, 0.5) is 5.82 Å². The van der Waals surface area contributed by atoms with Gasteiger partial charge in [-0.1, -0.05) is 18.2 Å². The van der Waals surface area contributed by atoms with Gasteiger partial charge >= 0.3 is 0 Å². The van der Waals surface area contributed by atoms with Crippen molar-refractivity contribution in [2.24, 2.45) is 0 Å². The fourth-order valence-electron chi connectivity index (χ4n) is 3.74. The highest BCUT2D eigenvalue weighted by molar-refractivity contribution is 5.55. The Labute approximate surface area is 147 Å². The molecule has 0 aliphatic carbocycles. The molecular weight excluding hydrogens is 312 g/mol. The normalized spacial score (nSPS) is 15.6. The van der Waals surface area contributed by atoms with Crippen molar-refractivity contribution in [1.82, 2.24) is 24.5 Å². The van der Waals surface area contributed by atoms with E-state index in [2.05, 4.69) is 70.8 Å². The predicted molar refractivity (Wildman–Crippen MR) is 98.6 cm³/mol. The average Bonchev–Trinajstić information content (AvgIpc) is 3.12. The van der Waals surface area contributed by atoms with Crippen molar-refractivity contribution >= 4 is 11.6 Å². The van der Waals surface area contributed by atoms with E-state index in [4.69, 9.17) is 4.98 Å². The number of nitrogens with one attached hydrogen (secondary N) is 1. The minimum Gasteiger partial charge on any atom is -0.363 e. The molecule has 3 aromatic rings. The number of aromatic nitrogens is 4. The van der Waals surface area contributed by atoms with Gasteiger partial charge in [0.05, 0.1) is 6.04 Å². The van der Waals surface area contributed by atoms with Crippen LogP contribution in [-0.4, -0.2) is 31.5 Å². The van der Waals surface area contributed by atoms with E-state index in [1.165, 1.54) is 27.9 Å².